The maximum Gasteiger partial charge on any atom is 0.243 e. The van der Waals surface area contributed by atoms with Crippen LogP contribution in [-0.4, -0.2) is 23.6 Å². The van der Waals surface area contributed by atoms with Gasteiger partial charge in [-0.1, -0.05) is 19.3 Å². The predicted molar refractivity (Wildman–Crippen MR) is 58.7 cm³/mol. The van der Waals surface area contributed by atoms with Gasteiger partial charge < -0.3 is 5.32 Å². The van der Waals surface area contributed by atoms with Crippen molar-refractivity contribution in [2.45, 2.75) is 44.9 Å². The molecular weight excluding hydrogens is 208 g/mol. The predicted octanol–water partition coefficient (Wildman–Crippen LogP) is 0.968. The Kier molecular flexibility index (Phi) is 5.85. The Labute approximate surface area is 95.6 Å². The molecule has 0 aromatic heterocycles. The number of hydrogen-bond donors (Lipinski definition) is 3. The molecule has 5 heteroatoms. The first-order chi connectivity index (χ1) is 7.74. The van der Waals surface area contributed by atoms with Crippen molar-refractivity contribution in [2.75, 3.05) is 6.54 Å². The van der Waals surface area contributed by atoms with Gasteiger partial charge >= 0.3 is 0 Å². The van der Waals surface area contributed by atoms with E-state index < -0.39 is 5.91 Å². The van der Waals surface area contributed by atoms with Gasteiger partial charge in [0.15, 0.2) is 0 Å². The third kappa shape index (κ3) is 4.61. The zero-order chi connectivity index (χ0) is 11.8. The van der Waals surface area contributed by atoms with Crippen LogP contribution >= 0.6 is 0 Å². The van der Waals surface area contributed by atoms with Crippen LogP contribution < -0.4 is 10.8 Å². The molecule has 0 aromatic rings. The molecule has 1 rings (SSSR count). The van der Waals surface area contributed by atoms with Gasteiger partial charge in [-0.25, -0.2) is 5.48 Å². The van der Waals surface area contributed by atoms with Crippen LogP contribution in [0.5, 0.6) is 0 Å². The average molecular weight is 228 g/mol. The summed E-state index contributed by atoms with van der Waals surface area (Å²) < 4.78 is 0. The molecule has 5 nitrogen and oxygen atoms in total. The molecule has 1 aliphatic carbocycles. The number of hydrogen-bond acceptors (Lipinski definition) is 3. The summed E-state index contributed by atoms with van der Waals surface area (Å²) in [5.41, 5.74) is 1.56. The van der Waals surface area contributed by atoms with E-state index in [-0.39, 0.29) is 18.2 Å². The normalized spacial score (nSPS) is 16.8. The van der Waals surface area contributed by atoms with E-state index in [1.54, 1.807) is 5.48 Å². The molecule has 1 aliphatic rings. The lowest BCUT2D eigenvalue weighted by Gasteiger charge is -2.20. The van der Waals surface area contributed by atoms with Crippen molar-refractivity contribution >= 4 is 11.8 Å². The van der Waals surface area contributed by atoms with E-state index in [2.05, 4.69) is 5.32 Å². The molecule has 0 saturated heterocycles. The summed E-state index contributed by atoms with van der Waals surface area (Å²) in [5.74, 6) is -0.128. The SMILES string of the molecule is O=C(CCCNC(=O)C1CCCCC1)NO. The highest BCUT2D eigenvalue weighted by Gasteiger charge is 2.20. The Bertz CT molecular complexity index is 237. The minimum Gasteiger partial charge on any atom is -0.356 e. The van der Waals surface area contributed by atoms with Crippen molar-refractivity contribution < 1.29 is 14.8 Å². The molecular formula is C11H20N2O3. The standard InChI is InChI=1S/C11H20N2O3/c14-10(13-16)7-4-8-12-11(15)9-5-2-1-3-6-9/h9,16H,1-8H2,(H,12,15)(H,13,14). The fraction of sp³-hybridized carbons (Fsp3) is 0.818. The van der Waals surface area contributed by atoms with Crippen molar-refractivity contribution in [2.24, 2.45) is 5.92 Å². The number of amides is 2. The number of nitrogens with one attached hydrogen (secondary N) is 2. The zero-order valence-corrected chi connectivity index (χ0v) is 9.50. The Morgan fingerprint density at radius 3 is 2.50 bits per heavy atom. The van der Waals surface area contributed by atoms with Crippen molar-refractivity contribution in [3.63, 3.8) is 0 Å². The Morgan fingerprint density at radius 1 is 1.19 bits per heavy atom. The Morgan fingerprint density at radius 2 is 1.88 bits per heavy atom. The Hall–Kier alpha value is -1.10. The maximum absolute atomic E-state index is 11.7. The van der Waals surface area contributed by atoms with Gasteiger partial charge in [0.05, 0.1) is 0 Å². The Balaban J connectivity index is 2.07. The molecule has 0 aromatic carbocycles. The van der Waals surface area contributed by atoms with Crippen LogP contribution in [0.1, 0.15) is 44.9 Å². The first-order valence-electron chi connectivity index (χ1n) is 5.94. The van der Waals surface area contributed by atoms with E-state index in [0.717, 1.165) is 25.7 Å². The van der Waals surface area contributed by atoms with E-state index in [0.29, 0.717) is 13.0 Å². The largest absolute Gasteiger partial charge is 0.356 e. The minimum absolute atomic E-state index is 0.115. The van der Waals surface area contributed by atoms with Crippen LogP contribution in [0.25, 0.3) is 0 Å². The van der Waals surface area contributed by atoms with E-state index >= 15 is 0 Å². The number of carbonyl (C=O) groups excluding carboxylic acids is 2. The third-order valence-corrected chi connectivity index (χ3v) is 2.98. The van der Waals surface area contributed by atoms with Gasteiger partial charge in [-0.05, 0) is 19.3 Å². The van der Waals surface area contributed by atoms with Crippen molar-refractivity contribution in [1.29, 1.82) is 0 Å². The molecule has 3 N–H and O–H groups in total. The summed E-state index contributed by atoms with van der Waals surface area (Å²) in [4.78, 5) is 22.3. The lowest BCUT2D eigenvalue weighted by Crippen LogP contribution is -2.33. The third-order valence-electron chi connectivity index (χ3n) is 2.98. The van der Waals surface area contributed by atoms with Crippen molar-refractivity contribution in [1.82, 2.24) is 10.8 Å². The lowest BCUT2D eigenvalue weighted by molar-refractivity contribution is -0.130. The first kappa shape index (κ1) is 13.0. The van der Waals surface area contributed by atoms with Crippen LogP contribution in [-0.2, 0) is 9.59 Å². The second-order valence-electron chi connectivity index (χ2n) is 4.26. The molecule has 1 saturated carbocycles. The van der Waals surface area contributed by atoms with Gasteiger partial charge in [0.1, 0.15) is 0 Å². The highest BCUT2D eigenvalue weighted by atomic mass is 16.5. The monoisotopic (exact) mass is 228 g/mol. The summed E-state index contributed by atoms with van der Waals surface area (Å²) in [5, 5.41) is 11.1. The van der Waals surface area contributed by atoms with E-state index in [1.807, 2.05) is 0 Å². The van der Waals surface area contributed by atoms with Crippen molar-refractivity contribution in [3.05, 3.63) is 0 Å². The van der Waals surface area contributed by atoms with Gasteiger partial charge in [0.2, 0.25) is 11.8 Å². The smallest absolute Gasteiger partial charge is 0.243 e. The van der Waals surface area contributed by atoms with Gasteiger partial charge in [-0.3, -0.25) is 14.8 Å². The average Bonchev–Trinajstić information content (AvgIpc) is 2.35. The molecule has 0 aliphatic heterocycles. The summed E-state index contributed by atoms with van der Waals surface area (Å²) in [6, 6.07) is 0. The van der Waals surface area contributed by atoms with Gasteiger partial charge in [-0.15, -0.1) is 0 Å². The molecule has 0 bridgehead atoms. The molecule has 0 unspecified atom stereocenters. The van der Waals surface area contributed by atoms with Crippen LogP contribution in [0.3, 0.4) is 0 Å². The van der Waals surface area contributed by atoms with Gasteiger partial charge in [0.25, 0.3) is 0 Å². The van der Waals surface area contributed by atoms with Crippen LogP contribution in [0.15, 0.2) is 0 Å². The fourth-order valence-corrected chi connectivity index (χ4v) is 2.03. The molecule has 16 heavy (non-hydrogen) atoms. The van der Waals surface area contributed by atoms with Crippen LogP contribution in [0, 0.1) is 5.92 Å². The molecule has 0 spiro atoms. The highest BCUT2D eigenvalue weighted by molar-refractivity contribution is 5.78. The second kappa shape index (κ2) is 7.22. The maximum atomic E-state index is 11.7. The summed E-state index contributed by atoms with van der Waals surface area (Å²) in [6.07, 6.45) is 6.30. The molecule has 1 fully saturated rings. The van der Waals surface area contributed by atoms with Gasteiger partial charge in [0, 0.05) is 18.9 Å². The van der Waals surface area contributed by atoms with E-state index in [4.69, 9.17) is 5.21 Å². The van der Waals surface area contributed by atoms with Crippen LogP contribution in [0.2, 0.25) is 0 Å². The molecule has 0 radical (unpaired) electrons. The second-order valence-corrected chi connectivity index (χ2v) is 4.26. The van der Waals surface area contributed by atoms with E-state index in [1.165, 1.54) is 6.42 Å². The number of hydroxylamine groups is 1. The number of carbonyl (C=O) groups is 2. The zero-order valence-electron chi connectivity index (χ0n) is 9.50. The number of rotatable bonds is 5. The molecule has 2 amide bonds. The summed E-state index contributed by atoms with van der Waals surface area (Å²) >= 11 is 0. The van der Waals surface area contributed by atoms with E-state index in [9.17, 15) is 9.59 Å². The van der Waals surface area contributed by atoms with Gasteiger partial charge in [-0.2, -0.15) is 0 Å². The fourth-order valence-electron chi connectivity index (χ4n) is 2.03. The quantitative estimate of drug-likeness (QED) is 0.373. The molecule has 0 heterocycles. The molecule has 0 atom stereocenters. The minimum atomic E-state index is -0.410. The molecule has 92 valence electrons. The topological polar surface area (TPSA) is 78.4 Å². The lowest BCUT2D eigenvalue weighted by atomic mass is 9.89. The highest BCUT2D eigenvalue weighted by Crippen LogP contribution is 2.23. The summed E-state index contributed by atoms with van der Waals surface area (Å²) in [6.45, 7) is 0.503. The summed E-state index contributed by atoms with van der Waals surface area (Å²) in [7, 11) is 0. The van der Waals surface area contributed by atoms with Crippen molar-refractivity contribution in [3.8, 4) is 0 Å². The first-order valence-corrected chi connectivity index (χ1v) is 5.94. The van der Waals surface area contributed by atoms with Crippen LogP contribution in [0.4, 0.5) is 0 Å².